The van der Waals surface area contributed by atoms with Crippen molar-refractivity contribution in [2.75, 3.05) is 19.4 Å². The molecule has 0 bridgehead atoms. The molecule has 0 saturated carbocycles. The summed E-state index contributed by atoms with van der Waals surface area (Å²) in [5.41, 5.74) is 3.35. The summed E-state index contributed by atoms with van der Waals surface area (Å²) in [7, 11) is 6.01. The van der Waals surface area contributed by atoms with Gasteiger partial charge in [-0.25, -0.2) is 0 Å². The van der Waals surface area contributed by atoms with Crippen molar-refractivity contribution < 1.29 is 0 Å². The highest BCUT2D eigenvalue weighted by Crippen LogP contribution is 2.11. The third-order valence-corrected chi connectivity index (χ3v) is 2.58. The second kappa shape index (κ2) is 5.64. The molecular weight excluding hydrogens is 226 g/mol. The molecule has 1 aromatic heterocycles. The Morgan fingerprint density at radius 3 is 2.50 bits per heavy atom. The van der Waals surface area contributed by atoms with Crippen LogP contribution in [0.2, 0.25) is 0 Å². The Balaban J connectivity index is 1.90. The number of hydrogen-bond acceptors (Lipinski definition) is 4. The van der Waals surface area contributed by atoms with Gasteiger partial charge in [0.25, 0.3) is 0 Å². The lowest BCUT2D eigenvalue weighted by atomic mass is 10.2. The van der Waals surface area contributed by atoms with Crippen LogP contribution in [0, 0.1) is 0 Å². The molecule has 18 heavy (non-hydrogen) atoms. The molecule has 5 heteroatoms. The number of aryl methyl sites for hydroxylation is 1. The second-order valence-electron chi connectivity index (χ2n) is 4.67. The van der Waals surface area contributed by atoms with Gasteiger partial charge in [0.15, 0.2) is 0 Å². The van der Waals surface area contributed by atoms with Crippen LogP contribution < -0.4 is 5.32 Å². The molecule has 96 valence electrons. The average Bonchev–Trinajstić information content (AvgIpc) is 2.74. The average molecular weight is 245 g/mol. The summed E-state index contributed by atoms with van der Waals surface area (Å²) in [5.74, 6) is 0. The predicted octanol–water partition coefficient (Wildman–Crippen LogP) is 1.49. The largest absolute Gasteiger partial charge is 0.379 e. The first-order valence-corrected chi connectivity index (χ1v) is 5.96. The molecule has 0 aliphatic heterocycles. The fraction of sp³-hybridized carbons (Fsp3) is 0.385. The van der Waals surface area contributed by atoms with Crippen molar-refractivity contribution >= 4 is 5.69 Å². The third kappa shape index (κ3) is 3.56. The molecule has 0 atom stereocenters. The van der Waals surface area contributed by atoms with Gasteiger partial charge in [0.1, 0.15) is 5.69 Å². The van der Waals surface area contributed by atoms with Gasteiger partial charge in [0.05, 0.1) is 6.54 Å². The van der Waals surface area contributed by atoms with E-state index < -0.39 is 0 Å². The number of rotatable bonds is 5. The standard InChI is InChI=1S/C13H19N5/c1-17(2)9-11-4-6-12(7-5-11)14-8-13-10-18(3)16-15-13/h4-7,10,14H,8-9H2,1-3H3. The molecule has 2 rings (SSSR count). The monoisotopic (exact) mass is 245 g/mol. The van der Waals surface area contributed by atoms with Gasteiger partial charge >= 0.3 is 0 Å². The van der Waals surface area contributed by atoms with Crippen LogP contribution in [0.4, 0.5) is 5.69 Å². The lowest BCUT2D eigenvalue weighted by Crippen LogP contribution is -2.10. The van der Waals surface area contributed by atoms with E-state index in [4.69, 9.17) is 0 Å². The molecule has 0 saturated heterocycles. The Kier molecular flexibility index (Phi) is 3.94. The highest BCUT2D eigenvalue weighted by molar-refractivity contribution is 5.44. The summed E-state index contributed by atoms with van der Waals surface area (Å²) in [6.45, 7) is 1.66. The molecule has 1 N–H and O–H groups in total. The Labute approximate surface area is 107 Å². The van der Waals surface area contributed by atoms with Gasteiger partial charge in [-0.15, -0.1) is 5.10 Å². The van der Waals surface area contributed by atoms with E-state index in [0.717, 1.165) is 17.9 Å². The first-order valence-electron chi connectivity index (χ1n) is 5.96. The normalized spacial score (nSPS) is 10.9. The van der Waals surface area contributed by atoms with Gasteiger partial charge in [0, 0.05) is 25.5 Å². The first-order chi connectivity index (χ1) is 8.63. The van der Waals surface area contributed by atoms with Crippen LogP contribution in [0.1, 0.15) is 11.3 Å². The molecule has 5 nitrogen and oxygen atoms in total. The summed E-state index contributed by atoms with van der Waals surface area (Å²) < 4.78 is 1.71. The number of aromatic nitrogens is 3. The van der Waals surface area contributed by atoms with Crippen LogP contribution in [0.25, 0.3) is 0 Å². The van der Waals surface area contributed by atoms with Crippen LogP contribution in [0.5, 0.6) is 0 Å². The van der Waals surface area contributed by atoms with E-state index in [1.54, 1.807) is 4.68 Å². The van der Waals surface area contributed by atoms with Gasteiger partial charge in [0.2, 0.25) is 0 Å². The quantitative estimate of drug-likeness (QED) is 0.867. The number of hydrogen-bond donors (Lipinski definition) is 1. The van der Waals surface area contributed by atoms with Gasteiger partial charge in [-0.3, -0.25) is 4.68 Å². The Bertz CT molecular complexity index is 486. The highest BCUT2D eigenvalue weighted by Gasteiger charge is 1.99. The zero-order chi connectivity index (χ0) is 13.0. The third-order valence-electron chi connectivity index (χ3n) is 2.58. The summed E-state index contributed by atoms with van der Waals surface area (Å²) in [6.07, 6.45) is 1.91. The van der Waals surface area contributed by atoms with Crippen molar-refractivity contribution in [1.29, 1.82) is 0 Å². The fourth-order valence-electron chi connectivity index (χ4n) is 1.76. The molecule has 0 aliphatic rings. The molecule has 0 amide bonds. The minimum atomic E-state index is 0.695. The Morgan fingerprint density at radius 1 is 1.22 bits per heavy atom. The van der Waals surface area contributed by atoms with Crippen LogP contribution in [0.3, 0.4) is 0 Å². The summed E-state index contributed by atoms with van der Waals surface area (Å²) in [6, 6.07) is 8.46. The molecule has 1 aromatic carbocycles. The Hall–Kier alpha value is -1.88. The summed E-state index contributed by atoms with van der Waals surface area (Å²) in [5, 5.41) is 11.3. The van der Waals surface area contributed by atoms with Crippen molar-refractivity contribution in [1.82, 2.24) is 19.9 Å². The van der Waals surface area contributed by atoms with Crippen molar-refractivity contribution in [3.05, 3.63) is 41.7 Å². The van der Waals surface area contributed by atoms with E-state index in [0.29, 0.717) is 6.54 Å². The van der Waals surface area contributed by atoms with E-state index >= 15 is 0 Å². The van der Waals surface area contributed by atoms with Gasteiger partial charge in [-0.05, 0) is 31.8 Å². The van der Waals surface area contributed by atoms with E-state index in [9.17, 15) is 0 Å². The van der Waals surface area contributed by atoms with E-state index in [-0.39, 0.29) is 0 Å². The van der Waals surface area contributed by atoms with E-state index in [1.165, 1.54) is 5.56 Å². The van der Waals surface area contributed by atoms with E-state index in [2.05, 4.69) is 58.9 Å². The summed E-state index contributed by atoms with van der Waals surface area (Å²) in [4.78, 5) is 2.15. The maximum atomic E-state index is 4.03. The Morgan fingerprint density at radius 2 is 1.94 bits per heavy atom. The maximum Gasteiger partial charge on any atom is 0.102 e. The number of nitrogens with zero attached hydrogens (tertiary/aromatic N) is 4. The molecule has 2 aromatic rings. The fourth-order valence-corrected chi connectivity index (χ4v) is 1.76. The smallest absolute Gasteiger partial charge is 0.102 e. The summed E-state index contributed by atoms with van der Waals surface area (Å²) >= 11 is 0. The van der Waals surface area contributed by atoms with Gasteiger partial charge in [-0.2, -0.15) is 0 Å². The van der Waals surface area contributed by atoms with Gasteiger partial charge in [-0.1, -0.05) is 17.3 Å². The zero-order valence-electron chi connectivity index (χ0n) is 11.1. The maximum absolute atomic E-state index is 4.03. The molecule has 1 heterocycles. The van der Waals surface area contributed by atoms with Crippen LogP contribution >= 0.6 is 0 Å². The van der Waals surface area contributed by atoms with Crippen LogP contribution in [0.15, 0.2) is 30.5 Å². The number of anilines is 1. The number of nitrogens with one attached hydrogen (secondary N) is 1. The SMILES string of the molecule is CN(C)Cc1ccc(NCc2cn(C)nn2)cc1. The van der Waals surface area contributed by atoms with Crippen molar-refractivity contribution in [3.8, 4) is 0 Å². The lowest BCUT2D eigenvalue weighted by Gasteiger charge is -2.10. The van der Waals surface area contributed by atoms with Crippen LogP contribution in [-0.4, -0.2) is 34.0 Å². The minimum Gasteiger partial charge on any atom is -0.379 e. The van der Waals surface area contributed by atoms with Gasteiger partial charge < -0.3 is 10.2 Å². The molecule has 0 unspecified atom stereocenters. The zero-order valence-corrected chi connectivity index (χ0v) is 11.1. The molecular formula is C13H19N5. The van der Waals surface area contributed by atoms with Crippen molar-refractivity contribution in [2.45, 2.75) is 13.1 Å². The predicted molar refractivity (Wildman–Crippen MR) is 72.2 cm³/mol. The first kappa shape index (κ1) is 12.6. The van der Waals surface area contributed by atoms with E-state index in [1.807, 2.05) is 13.2 Å². The number of benzene rings is 1. The molecule has 0 radical (unpaired) electrons. The minimum absolute atomic E-state index is 0.695. The second-order valence-corrected chi connectivity index (χ2v) is 4.67. The highest BCUT2D eigenvalue weighted by atomic mass is 15.4. The van der Waals surface area contributed by atoms with Crippen molar-refractivity contribution in [2.24, 2.45) is 7.05 Å². The topological polar surface area (TPSA) is 46.0 Å². The lowest BCUT2D eigenvalue weighted by molar-refractivity contribution is 0.402. The molecule has 0 aliphatic carbocycles. The van der Waals surface area contributed by atoms with Crippen molar-refractivity contribution in [3.63, 3.8) is 0 Å². The molecule has 0 spiro atoms. The molecule has 0 fully saturated rings. The van der Waals surface area contributed by atoms with Crippen LogP contribution in [-0.2, 0) is 20.1 Å².